The Morgan fingerprint density at radius 2 is 2.28 bits per heavy atom. The number of hydrogen-bond donors (Lipinski definition) is 1. The highest BCUT2D eigenvalue weighted by molar-refractivity contribution is 7.07. The monoisotopic (exact) mass is 264 g/mol. The molecule has 1 atom stereocenters. The smallest absolute Gasteiger partial charge is 0.0309 e. The highest BCUT2D eigenvalue weighted by Crippen LogP contribution is 2.33. The van der Waals surface area contributed by atoms with Crippen LogP contribution in [-0.2, 0) is 6.42 Å². The number of nitrogens with zero attached hydrogens (tertiary/aromatic N) is 1. The van der Waals surface area contributed by atoms with Gasteiger partial charge in [0.1, 0.15) is 0 Å². The number of piperazine rings is 1. The van der Waals surface area contributed by atoms with Gasteiger partial charge in [-0.15, -0.1) is 0 Å². The fraction of sp³-hybridized carbons (Fsp3) is 0.733. The quantitative estimate of drug-likeness (QED) is 0.903. The van der Waals surface area contributed by atoms with E-state index in [2.05, 4.69) is 34.0 Å². The Balaban J connectivity index is 1.59. The second kappa shape index (κ2) is 5.32. The van der Waals surface area contributed by atoms with Crippen molar-refractivity contribution < 1.29 is 0 Å². The molecule has 3 heteroatoms. The first kappa shape index (κ1) is 12.6. The molecule has 1 aromatic heterocycles. The maximum Gasteiger partial charge on any atom is 0.0309 e. The van der Waals surface area contributed by atoms with Crippen LogP contribution in [0.3, 0.4) is 0 Å². The van der Waals surface area contributed by atoms with Crippen LogP contribution in [0.15, 0.2) is 16.8 Å². The summed E-state index contributed by atoms with van der Waals surface area (Å²) in [5.41, 5.74) is 1.97. The van der Waals surface area contributed by atoms with Crippen LogP contribution in [0, 0.1) is 0 Å². The van der Waals surface area contributed by atoms with E-state index >= 15 is 0 Å². The molecule has 0 amide bonds. The van der Waals surface area contributed by atoms with Gasteiger partial charge in [-0.05, 0) is 48.6 Å². The number of rotatable bonds is 3. The van der Waals surface area contributed by atoms with Gasteiger partial charge in [0, 0.05) is 31.2 Å². The summed E-state index contributed by atoms with van der Waals surface area (Å²) < 4.78 is 0. The second-order valence-electron chi connectivity index (χ2n) is 6.07. The normalized spacial score (nSPS) is 27.9. The van der Waals surface area contributed by atoms with E-state index in [1.54, 1.807) is 0 Å². The molecule has 2 heterocycles. The molecule has 1 saturated carbocycles. The molecule has 2 aliphatic rings. The Bertz CT molecular complexity index is 368. The van der Waals surface area contributed by atoms with E-state index in [9.17, 15) is 0 Å². The largest absolute Gasteiger partial charge is 0.308 e. The van der Waals surface area contributed by atoms with Gasteiger partial charge in [0.05, 0.1) is 0 Å². The van der Waals surface area contributed by atoms with Crippen LogP contribution >= 0.6 is 11.3 Å². The molecule has 1 aliphatic carbocycles. The molecule has 1 spiro atoms. The summed E-state index contributed by atoms with van der Waals surface area (Å²) in [6.07, 6.45) is 6.81. The molecule has 1 saturated heterocycles. The van der Waals surface area contributed by atoms with Crippen molar-refractivity contribution in [1.29, 1.82) is 0 Å². The van der Waals surface area contributed by atoms with E-state index in [1.807, 2.05) is 11.3 Å². The van der Waals surface area contributed by atoms with Crippen molar-refractivity contribution in [2.24, 2.45) is 0 Å². The lowest BCUT2D eigenvalue weighted by Crippen LogP contribution is -2.62. The van der Waals surface area contributed by atoms with Gasteiger partial charge in [-0.2, -0.15) is 11.3 Å². The van der Waals surface area contributed by atoms with E-state index in [0.29, 0.717) is 11.6 Å². The van der Waals surface area contributed by atoms with Gasteiger partial charge in [-0.1, -0.05) is 12.8 Å². The summed E-state index contributed by atoms with van der Waals surface area (Å²) in [6, 6.07) is 2.96. The Kier molecular flexibility index (Phi) is 3.73. The predicted molar refractivity (Wildman–Crippen MR) is 78.3 cm³/mol. The van der Waals surface area contributed by atoms with E-state index in [-0.39, 0.29) is 0 Å². The average Bonchev–Trinajstić information content (AvgIpc) is 3.03. The minimum atomic E-state index is 0.459. The van der Waals surface area contributed by atoms with Crippen LogP contribution in [0.1, 0.15) is 38.2 Å². The van der Waals surface area contributed by atoms with E-state index < -0.39 is 0 Å². The molecular formula is C15H24N2S. The fourth-order valence-corrected chi connectivity index (χ4v) is 4.19. The van der Waals surface area contributed by atoms with Crippen molar-refractivity contribution in [3.05, 3.63) is 22.4 Å². The SMILES string of the molecule is CC1CNC2(CCCC2)CN1CCc1ccsc1. The molecule has 3 rings (SSSR count). The molecular weight excluding hydrogens is 240 g/mol. The van der Waals surface area contributed by atoms with Gasteiger partial charge >= 0.3 is 0 Å². The molecule has 1 N–H and O–H groups in total. The molecule has 18 heavy (non-hydrogen) atoms. The lowest BCUT2D eigenvalue weighted by atomic mass is 9.92. The zero-order chi connectivity index (χ0) is 12.4. The Labute approximate surface area is 114 Å². The van der Waals surface area contributed by atoms with Gasteiger partial charge in [0.25, 0.3) is 0 Å². The summed E-state index contributed by atoms with van der Waals surface area (Å²) in [5.74, 6) is 0. The van der Waals surface area contributed by atoms with E-state index in [4.69, 9.17) is 0 Å². The van der Waals surface area contributed by atoms with Crippen LogP contribution in [0.5, 0.6) is 0 Å². The molecule has 100 valence electrons. The second-order valence-corrected chi connectivity index (χ2v) is 6.85. The van der Waals surface area contributed by atoms with Crippen molar-refractivity contribution in [3.63, 3.8) is 0 Å². The maximum atomic E-state index is 3.83. The maximum absolute atomic E-state index is 3.83. The van der Waals surface area contributed by atoms with Crippen molar-refractivity contribution in [1.82, 2.24) is 10.2 Å². The topological polar surface area (TPSA) is 15.3 Å². The Hall–Kier alpha value is -0.380. The Morgan fingerprint density at radius 1 is 1.44 bits per heavy atom. The first-order chi connectivity index (χ1) is 8.77. The third-order valence-corrected chi connectivity index (χ3v) is 5.46. The van der Waals surface area contributed by atoms with Crippen LogP contribution in [0.25, 0.3) is 0 Å². The van der Waals surface area contributed by atoms with E-state index in [0.717, 1.165) is 0 Å². The Morgan fingerprint density at radius 3 is 3.00 bits per heavy atom. The molecule has 0 bridgehead atoms. The summed E-state index contributed by atoms with van der Waals surface area (Å²) in [4.78, 5) is 2.71. The number of thiophene rings is 1. The molecule has 2 nitrogen and oxygen atoms in total. The average molecular weight is 264 g/mol. The first-order valence-electron chi connectivity index (χ1n) is 7.28. The van der Waals surface area contributed by atoms with E-state index in [1.165, 1.54) is 57.3 Å². The van der Waals surface area contributed by atoms with Crippen molar-refractivity contribution in [2.45, 2.75) is 50.6 Å². The fourth-order valence-electron chi connectivity index (χ4n) is 3.49. The van der Waals surface area contributed by atoms with Crippen LogP contribution in [0.4, 0.5) is 0 Å². The van der Waals surface area contributed by atoms with Gasteiger partial charge in [-0.25, -0.2) is 0 Å². The third-order valence-electron chi connectivity index (χ3n) is 4.73. The van der Waals surface area contributed by atoms with Crippen LogP contribution in [-0.4, -0.2) is 36.1 Å². The molecule has 1 aliphatic heterocycles. The minimum absolute atomic E-state index is 0.459. The standard InChI is InChI=1S/C15H24N2S/c1-13-10-16-15(6-2-3-7-15)12-17(13)8-4-14-5-9-18-11-14/h5,9,11,13,16H,2-4,6-8,10,12H2,1H3. The highest BCUT2D eigenvalue weighted by Gasteiger charge is 2.39. The molecule has 0 aromatic carbocycles. The van der Waals surface area contributed by atoms with Gasteiger partial charge in [-0.3, -0.25) is 4.90 Å². The van der Waals surface area contributed by atoms with Crippen LogP contribution < -0.4 is 5.32 Å². The lowest BCUT2D eigenvalue weighted by Gasteiger charge is -2.45. The molecule has 2 fully saturated rings. The van der Waals surface area contributed by atoms with Gasteiger partial charge in [0.2, 0.25) is 0 Å². The molecule has 0 radical (unpaired) electrons. The zero-order valence-corrected chi connectivity index (χ0v) is 12.1. The van der Waals surface area contributed by atoms with Crippen molar-refractivity contribution in [3.8, 4) is 0 Å². The van der Waals surface area contributed by atoms with Gasteiger partial charge in [0.15, 0.2) is 0 Å². The highest BCUT2D eigenvalue weighted by atomic mass is 32.1. The van der Waals surface area contributed by atoms with Crippen molar-refractivity contribution >= 4 is 11.3 Å². The summed E-state index contributed by atoms with van der Waals surface area (Å²) in [6.45, 7) is 6.02. The third kappa shape index (κ3) is 2.63. The predicted octanol–water partition coefficient (Wildman–Crippen LogP) is 2.90. The molecule has 1 unspecified atom stereocenters. The minimum Gasteiger partial charge on any atom is -0.308 e. The number of nitrogens with one attached hydrogen (secondary N) is 1. The lowest BCUT2D eigenvalue weighted by molar-refractivity contribution is 0.0903. The summed E-state index contributed by atoms with van der Waals surface area (Å²) in [5, 5.41) is 8.31. The molecule has 1 aromatic rings. The zero-order valence-electron chi connectivity index (χ0n) is 11.3. The van der Waals surface area contributed by atoms with Crippen LogP contribution in [0.2, 0.25) is 0 Å². The van der Waals surface area contributed by atoms with Gasteiger partial charge < -0.3 is 5.32 Å². The number of hydrogen-bond acceptors (Lipinski definition) is 3. The summed E-state index contributed by atoms with van der Waals surface area (Å²) in [7, 11) is 0. The summed E-state index contributed by atoms with van der Waals surface area (Å²) >= 11 is 1.81. The first-order valence-corrected chi connectivity index (χ1v) is 8.22. The van der Waals surface area contributed by atoms with Crippen molar-refractivity contribution in [2.75, 3.05) is 19.6 Å².